The van der Waals surface area contributed by atoms with E-state index < -0.39 is 0 Å². The highest BCUT2D eigenvalue weighted by Crippen LogP contribution is 2.40. The Morgan fingerprint density at radius 1 is 1.30 bits per heavy atom. The third-order valence-electron chi connectivity index (χ3n) is 5.56. The summed E-state index contributed by atoms with van der Waals surface area (Å²) in [6.45, 7) is 2.59. The van der Waals surface area contributed by atoms with Gasteiger partial charge >= 0.3 is 5.69 Å². The second-order valence-corrected chi connectivity index (χ2v) is 7.13. The molecule has 0 bridgehead atoms. The molecule has 0 unspecified atom stereocenters. The molecule has 1 aliphatic heterocycles. The molecular formula is C21H21N3O3. The van der Waals surface area contributed by atoms with Crippen LogP contribution in [0.3, 0.4) is 0 Å². The normalized spacial score (nSPS) is 15.8. The largest absolute Gasteiger partial charge is 0.493 e. The molecule has 27 heavy (non-hydrogen) atoms. The highest BCUT2D eigenvalue weighted by atomic mass is 16.3. The topological polar surface area (TPSA) is 76.1 Å². The number of hydrogen-bond donors (Lipinski definition) is 2. The smallest absolute Gasteiger partial charge is 0.332 e. The van der Waals surface area contributed by atoms with Gasteiger partial charge in [0.1, 0.15) is 6.04 Å². The lowest BCUT2D eigenvalue weighted by atomic mass is 9.94. The van der Waals surface area contributed by atoms with Gasteiger partial charge in [0, 0.05) is 35.1 Å². The van der Waals surface area contributed by atoms with Gasteiger partial charge in [-0.3, -0.25) is 9.13 Å². The Bertz CT molecular complexity index is 1180. The number of aromatic hydroxyl groups is 1. The predicted molar refractivity (Wildman–Crippen MR) is 102 cm³/mol. The minimum atomic E-state index is -0.337. The van der Waals surface area contributed by atoms with Gasteiger partial charge in [-0.15, -0.1) is 0 Å². The summed E-state index contributed by atoms with van der Waals surface area (Å²) in [5.74, 6) is 0.0814. The van der Waals surface area contributed by atoms with E-state index in [1.807, 2.05) is 24.3 Å². The number of aromatic nitrogens is 3. The number of rotatable bonds is 4. The summed E-state index contributed by atoms with van der Waals surface area (Å²) < 4.78 is 8.53. The SMILES string of the molecule is CCCCn1c(O)c2n(c1=O)[C@@H](c1ccoc1)c1[nH]c3ccccc3c1C2. The highest BCUT2D eigenvalue weighted by molar-refractivity contribution is 5.85. The lowest BCUT2D eigenvalue weighted by Gasteiger charge is -2.24. The molecule has 0 aliphatic carbocycles. The molecule has 0 radical (unpaired) electrons. The molecule has 0 fully saturated rings. The van der Waals surface area contributed by atoms with Crippen LogP contribution in [0.2, 0.25) is 0 Å². The summed E-state index contributed by atoms with van der Waals surface area (Å²) >= 11 is 0. The van der Waals surface area contributed by atoms with Crippen molar-refractivity contribution < 1.29 is 9.52 Å². The molecule has 1 atom stereocenters. The summed E-state index contributed by atoms with van der Waals surface area (Å²) in [5.41, 5.74) is 4.52. The highest BCUT2D eigenvalue weighted by Gasteiger charge is 2.35. The Hall–Kier alpha value is -3.15. The summed E-state index contributed by atoms with van der Waals surface area (Å²) in [4.78, 5) is 16.7. The van der Waals surface area contributed by atoms with Gasteiger partial charge in [-0.2, -0.15) is 0 Å². The lowest BCUT2D eigenvalue weighted by molar-refractivity contribution is 0.404. The molecule has 5 rings (SSSR count). The number of H-pyrrole nitrogens is 1. The molecule has 0 saturated heterocycles. The zero-order valence-corrected chi connectivity index (χ0v) is 15.1. The monoisotopic (exact) mass is 363 g/mol. The second-order valence-electron chi connectivity index (χ2n) is 7.13. The number of nitrogens with one attached hydrogen (secondary N) is 1. The minimum Gasteiger partial charge on any atom is -0.493 e. The van der Waals surface area contributed by atoms with Crippen LogP contribution in [-0.2, 0) is 13.0 Å². The van der Waals surface area contributed by atoms with E-state index >= 15 is 0 Å². The first kappa shape index (κ1) is 16.1. The molecule has 138 valence electrons. The third kappa shape index (κ3) is 2.22. The van der Waals surface area contributed by atoms with Crippen molar-refractivity contribution in [1.82, 2.24) is 14.1 Å². The number of fused-ring (bicyclic) bond motifs is 4. The van der Waals surface area contributed by atoms with Crippen LogP contribution >= 0.6 is 0 Å². The molecule has 6 heteroatoms. The maximum Gasteiger partial charge on any atom is 0.332 e. The molecule has 0 saturated carbocycles. The van der Waals surface area contributed by atoms with Crippen molar-refractivity contribution in [1.29, 1.82) is 0 Å². The summed E-state index contributed by atoms with van der Waals surface area (Å²) in [5, 5.41) is 12.0. The number of para-hydroxylation sites is 1. The van der Waals surface area contributed by atoms with Crippen molar-refractivity contribution in [3.05, 3.63) is 75.9 Å². The zero-order chi connectivity index (χ0) is 18.5. The molecule has 4 aromatic rings. The molecular weight excluding hydrogens is 342 g/mol. The molecule has 0 spiro atoms. The number of nitrogens with zero attached hydrogens (tertiary/aromatic N) is 2. The van der Waals surface area contributed by atoms with Gasteiger partial charge < -0.3 is 14.5 Å². The second kappa shape index (κ2) is 5.94. The van der Waals surface area contributed by atoms with E-state index in [0.717, 1.165) is 40.6 Å². The van der Waals surface area contributed by atoms with Crippen molar-refractivity contribution in [3.8, 4) is 5.88 Å². The fourth-order valence-corrected chi connectivity index (χ4v) is 4.24. The van der Waals surface area contributed by atoms with E-state index in [-0.39, 0.29) is 17.6 Å². The first-order chi connectivity index (χ1) is 13.2. The summed E-state index contributed by atoms with van der Waals surface area (Å²) in [6.07, 6.45) is 5.61. The standard InChI is InChI=1S/C21H21N3O3/c1-2-3-9-23-20(25)17-11-15-14-6-4-5-7-16(14)22-18(15)19(24(17)21(23)26)13-8-10-27-12-13/h4-8,10,12,19,22,25H,2-3,9,11H2,1H3/t19-/m0/s1. The third-order valence-corrected chi connectivity index (χ3v) is 5.56. The number of unbranched alkanes of at least 4 members (excludes halogenated alkanes) is 1. The van der Waals surface area contributed by atoms with Gasteiger partial charge in [-0.05, 0) is 24.1 Å². The van der Waals surface area contributed by atoms with Crippen LogP contribution in [0.4, 0.5) is 0 Å². The summed E-state index contributed by atoms with van der Waals surface area (Å²) in [6, 6.07) is 9.66. The van der Waals surface area contributed by atoms with Crippen LogP contribution in [0.25, 0.3) is 10.9 Å². The fraction of sp³-hybridized carbons (Fsp3) is 0.286. The van der Waals surface area contributed by atoms with E-state index in [0.29, 0.717) is 18.7 Å². The maximum atomic E-state index is 13.2. The van der Waals surface area contributed by atoms with Crippen LogP contribution in [0.15, 0.2) is 52.1 Å². The van der Waals surface area contributed by atoms with Gasteiger partial charge in [0.25, 0.3) is 0 Å². The van der Waals surface area contributed by atoms with E-state index in [4.69, 9.17) is 4.42 Å². The van der Waals surface area contributed by atoms with Crippen LogP contribution in [-0.4, -0.2) is 19.2 Å². The van der Waals surface area contributed by atoms with Gasteiger partial charge in [0.2, 0.25) is 5.88 Å². The number of imidazole rings is 1. The summed E-state index contributed by atoms with van der Waals surface area (Å²) in [7, 11) is 0. The van der Waals surface area contributed by atoms with E-state index in [1.54, 1.807) is 17.1 Å². The average molecular weight is 363 g/mol. The van der Waals surface area contributed by atoms with Gasteiger partial charge in [-0.1, -0.05) is 31.5 Å². The molecule has 6 nitrogen and oxygen atoms in total. The number of hydrogen-bond acceptors (Lipinski definition) is 3. The quantitative estimate of drug-likeness (QED) is 0.510. The minimum absolute atomic E-state index is 0.0814. The Kier molecular flexibility index (Phi) is 3.53. The Balaban J connectivity index is 1.79. The number of furan rings is 1. The van der Waals surface area contributed by atoms with Crippen molar-refractivity contribution >= 4 is 10.9 Å². The van der Waals surface area contributed by atoms with Crippen molar-refractivity contribution in [3.63, 3.8) is 0 Å². The van der Waals surface area contributed by atoms with Crippen LogP contribution in [0, 0.1) is 0 Å². The average Bonchev–Trinajstić information content (AvgIpc) is 3.38. The molecule has 1 aromatic carbocycles. The van der Waals surface area contributed by atoms with Gasteiger partial charge in [0.05, 0.1) is 18.2 Å². The molecule has 3 aromatic heterocycles. The Labute approximate surface area is 155 Å². The number of aromatic amines is 1. The number of benzene rings is 1. The van der Waals surface area contributed by atoms with Crippen LogP contribution in [0.5, 0.6) is 5.88 Å². The van der Waals surface area contributed by atoms with Crippen LogP contribution < -0.4 is 5.69 Å². The predicted octanol–water partition coefficient (Wildman–Crippen LogP) is 3.77. The van der Waals surface area contributed by atoms with Gasteiger partial charge in [-0.25, -0.2) is 4.79 Å². The van der Waals surface area contributed by atoms with Gasteiger partial charge in [0.15, 0.2) is 0 Å². The lowest BCUT2D eigenvalue weighted by Crippen LogP contribution is -2.32. The first-order valence-corrected chi connectivity index (χ1v) is 9.35. The Morgan fingerprint density at radius 3 is 2.93 bits per heavy atom. The first-order valence-electron chi connectivity index (χ1n) is 9.35. The van der Waals surface area contributed by atoms with E-state index in [1.165, 1.54) is 4.57 Å². The molecule has 4 heterocycles. The molecule has 1 aliphatic rings. The Morgan fingerprint density at radius 2 is 2.15 bits per heavy atom. The molecule has 0 amide bonds. The van der Waals surface area contributed by atoms with Crippen molar-refractivity contribution in [2.75, 3.05) is 0 Å². The van der Waals surface area contributed by atoms with Crippen molar-refractivity contribution in [2.24, 2.45) is 0 Å². The van der Waals surface area contributed by atoms with E-state index in [9.17, 15) is 9.90 Å². The van der Waals surface area contributed by atoms with E-state index in [2.05, 4.69) is 18.0 Å². The van der Waals surface area contributed by atoms with Crippen molar-refractivity contribution in [2.45, 2.75) is 38.8 Å². The zero-order valence-electron chi connectivity index (χ0n) is 15.1. The maximum absolute atomic E-state index is 13.2. The van der Waals surface area contributed by atoms with Crippen LogP contribution in [0.1, 0.15) is 48.3 Å². The fourth-order valence-electron chi connectivity index (χ4n) is 4.24. The molecule has 2 N–H and O–H groups in total.